The van der Waals surface area contributed by atoms with Crippen molar-refractivity contribution in [1.29, 1.82) is 0 Å². The van der Waals surface area contributed by atoms with Crippen molar-refractivity contribution in [2.24, 2.45) is 5.41 Å². The first kappa shape index (κ1) is 16.1. The van der Waals surface area contributed by atoms with Gasteiger partial charge in [0.1, 0.15) is 11.5 Å². The Balaban J connectivity index is 2.54. The molecule has 2 amide bonds. The summed E-state index contributed by atoms with van der Waals surface area (Å²) in [6.45, 7) is 7.25. The number of benzene rings is 1. The molecule has 0 saturated heterocycles. The fourth-order valence-corrected chi connectivity index (χ4v) is 1.56. The van der Waals surface area contributed by atoms with Gasteiger partial charge in [0.25, 0.3) is 0 Å². The van der Waals surface area contributed by atoms with Crippen LogP contribution >= 0.6 is 0 Å². The van der Waals surface area contributed by atoms with Crippen LogP contribution in [0.5, 0.6) is 11.5 Å². The van der Waals surface area contributed by atoms with Gasteiger partial charge in [-0.1, -0.05) is 20.8 Å². The predicted molar refractivity (Wildman–Crippen MR) is 79.2 cm³/mol. The standard InChI is InChI=1S/C15H24N2O3/c1-15(2,3)10-17-14(18)16-9-11-6-12(19-4)8-13(7-11)20-5/h6-8H,9-10H2,1-5H3,(H2,16,17,18). The molecule has 0 radical (unpaired) electrons. The number of urea groups is 1. The van der Waals surface area contributed by atoms with E-state index in [1.807, 2.05) is 12.1 Å². The Labute approximate surface area is 120 Å². The summed E-state index contributed by atoms with van der Waals surface area (Å²) in [5.74, 6) is 1.41. The van der Waals surface area contributed by atoms with Crippen molar-refractivity contribution in [2.45, 2.75) is 27.3 Å². The molecule has 5 heteroatoms. The molecule has 0 aliphatic rings. The predicted octanol–water partition coefficient (Wildman–Crippen LogP) is 2.55. The van der Waals surface area contributed by atoms with Crippen LogP contribution in [0.2, 0.25) is 0 Å². The zero-order valence-electron chi connectivity index (χ0n) is 12.9. The smallest absolute Gasteiger partial charge is 0.315 e. The Hall–Kier alpha value is -1.91. The third-order valence-electron chi connectivity index (χ3n) is 2.64. The highest BCUT2D eigenvalue weighted by Gasteiger charge is 2.11. The Morgan fingerprint density at radius 2 is 1.60 bits per heavy atom. The SMILES string of the molecule is COc1cc(CNC(=O)NCC(C)(C)C)cc(OC)c1. The van der Waals surface area contributed by atoms with E-state index < -0.39 is 0 Å². The topological polar surface area (TPSA) is 59.6 Å². The number of methoxy groups -OCH3 is 2. The summed E-state index contributed by atoms with van der Waals surface area (Å²) in [7, 11) is 3.20. The Kier molecular flexibility index (Phi) is 5.67. The second-order valence-electron chi connectivity index (χ2n) is 5.82. The van der Waals surface area contributed by atoms with Crippen LogP contribution in [-0.2, 0) is 6.54 Å². The summed E-state index contributed by atoms with van der Waals surface area (Å²) < 4.78 is 10.4. The van der Waals surface area contributed by atoms with Crippen molar-refractivity contribution >= 4 is 6.03 Å². The number of carbonyl (C=O) groups is 1. The Morgan fingerprint density at radius 1 is 1.05 bits per heavy atom. The van der Waals surface area contributed by atoms with Crippen molar-refractivity contribution < 1.29 is 14.3 Å². The molecular weight excluding hydrogens is 256 g/mol. The highest BCUT2D eigenvalue weighted by atomic mass is 16.5. The lowest BCUT2D eigenvalue weighted by atomic mass is 9.97. The first-order valence-corrected chi connectivity index (χ1v) is 6.58. The van der Waals surface area contributed by atoms with Crippen molar-refractivity contribution in [2.75, 3.05) is 20.8 Å². The van der Waals surface area contributed by atoms with E-state index in [2.05, 4.69) is 31.4 Å². The largest absolute Gasteiger partial charge is 0.497 e. The van der Waals surface area contributed by atoms with Crippen LogP contribution in [0.3, 0.4) is 0 Å². The van der Waals surface area contributed by atoms with Crippen molar-refractivity contribution in [1.82, 2.24) is 10.6 Å². The van der Waals surface area contributed by atoms with Gasteiger partial charge in [0.05, 0.1) is 14.2 Å². The highest BCUT2D eigenvalue weighted by Crippen LogP contribution is 2.22. The van der Waals surface area contributed by atoms with Gasteiger partial charge in [0.2, 0.25) is 0 Å². The molecule has 0 unspecified atom stereocenters. The van der Waals surface area contributed by atoms with Gasteiger partial charge in [-0.3, -0.25) is 0 Å². The average Bonchev–Trinajstić information content (AvgIpc) is 2.41. The zero-order valence-corrected chi connectivity index (χ0v) is 12.9. The molecule has 0 saturated carbocycles. The second kappa shape index (κ2) is 7.03. The first-order chi connectivity index (χ1) is 9.34. The normalized spacial score (nSPS) is 10.8. The van der Waals surface area contributed by atoms with Gasteiger partial charge in [0.15, 0.2) is 0 Å². The van der Waals surface area contributed by atoms with Crippen molar-refractivity contribution in [3.63, 3.8) is 0 Å². The van der Waals surface area contributed by atoms with E-state index in [0.29, 0.717) is 24.6 Å². The van der Waals surface area contributed by atoms with E-state index in [9.17, 15) is 4.79 Å². The molecule has 0 fully saturated rings. The quantitative estimate of drug-likeness (QED) is 0.871. The summed E-state index contributed by atoms with van der Waals surface area (Å²) >= 11 is 0. The lowest BCUT2D eigenvalue weighted by molar-refractivity contribution is 0.235. The second-order valence-corrected chi connectivity index (χ2v) is 5.82. The van der Waals surface area contributed by atoms with Crippen LogP contribution < -0.4 is 20.1 Å². The van der Waals surface area contributed by atoms with E-state index in [0.717, 1.165) is 5.56 Å². The van der Waals surface area contributed by atoms with Crippen LogP contribution in [0, 0.1) is 5.41 Å². The summed E-state index contributed by atoms with van der Waals surface area (Å²) in [5.41, 5.74) is 0.989. The molecule has 0 heterocycles. The Bertz CT molecular complexity index is 431. The summed E-state index contributed by atoms with van der Waals surface area (Å²) in [6.07, 6.45) is 0. The molecular formula is C15H24N2O3. The summed E-state index contributed by atoms with van der Waals surface area (Å²) in [4.78, 5) is 11.7. The fourth-order valence-electron chi connectivity index (χ4n) is 1.56. The van der Waals surface area contributed by atoms with Crippen LogP contribution in [0.1, 0.15) is 26.3 Å². The third kappa shape index (κ3) is 5.82. The molecule has 0 aromatic heterocycles. The van der Waals surface area contributed by atoms with Crippen molar-refractivity contribution in [3.8, 4) is 11.5 Å². The minimum Gasteiger partial charge on any atom is -0.497 e. The molecule has 0 spiro atoms. The van der Waals surface area contributed by atoms with Gasteiger partial charge in [-0.25, -0.2) is 4.79 Å². The maximum atomic E-state index is 11.7. The molecule has 2 N–H and O–H groups in total. The molecule has 0 atom stereocenters. The lowest BCUT2D eigenvalue weighted by Gasteiger charge is -2.19. The molecule has 0 aliphatic carbocycles. The van der Waals surface area contributed by atoms with Gasteiger partial charge in [-0.2, -0.15) is 0 Å². The van der Waals surface area contributed by atoms with E-state index in [1.54, 1.807) is 20.3 Å². The number of ether oxygens (including phenoxy) is 2. The number of nitrogens with one attached hydrogen (secondary N) is 2. The minimum atomic E-state index is -0.179. The number of hydrogen-bond donors (Lipinski definition) is 2. The third-order valence-corrected chi connectivity index (χ3v) is 2.64. The first-order valence-electron chi connectivity index (χ1n) is 6.58. The van der Waals surface area contributed by atoms with Gasteiger partial charge in [-0.15, -0.1) is 0 Å². The highest BCUT2D eigenvalue weighted by molar-refractivity contribution is 5.73. The van der Waals surface area contributed by atoms with Gasteiger partial charge in [-0.05, 0) is 23.1 Å². The molecule has 5 nitrogen and oxygen atoms in total. The molecule has 1 aromatic carbocycles. The van der Waals surface area contributed by atoms with Crippen molar-refractivity contribution in [3.05, 3.63) is 23.8 Å². The van der Waals surface area contributed by atoms with E-state index in [-0.39, 0.29) is 11.4 Å². The maximum Gasteiger partial charge on any atom is 0.315 e. The van der Waals surface area contributed by atoms with Crippen LogP contribution in [0.25, 0.3) is 0 Å². The molecule has 1 rings (SSSR count). The number of rotatable bonds is 5. The maximum absolute atomic E-state index is 11.7. The van der Waals surface area contributed by atoms with Crippen LogP contribution in [-0.4, -0.2) is 26.8 Å². The number of amides is 2. The van der Waals surface area contributed by atoms with Gasteiger partial charge < -0.3 is 20.1 Å². The molecule has 0 bridgehead atoms. The molecule has 112 valence electrons. The number of carbonyl (C=O) groups excluding carboxylic acids is 1. The average molecular weight is 280 g/mol. The van der Waals surface area contributed by atoms with E-state index >= 15 is 0 Å². The van der Waals surface area contributed by atoms with E-state index in [1.165, 1.54) is 0 Å². The molecule has 1 aromatic rings. The molecule has 20 heavy (non-hydrogen) atoms. The lowest BCUT2D eigenvalue weighted by Crippen LogP contribution is -2.39. The summed E-state index contributed by atoms with van der Waals surface area (Å²) in [5, 5.41) is 5.65. The van der Waals surface area contributed by atoms with Gasteiger partial charge in [0, 0.05) is 19.2 Å². The van der Waals surface area contributed by atoms with Gasteiger partial charge >= 0.3 is 6.03 Å². The minimum absolute atomic E-state index is 0.0660. The monoisotopic (exact) mass is 280 g/mol. The zero-order chi connectivity index (χ0) is 15.2. The van der Waals surface area contributed by atoms with Crippen LogP contribution in [0.4, 0.5) is 4.79 Å². The molecule has 0 aliphatic heterocycles. The summed E-state index contributed by atoms with van der Waals surface area (Å²) in [6, 6.07) is 5.35. The Morgan fingerprint density at radius 3 is 2.05 bits per heavy atom. The van der Waals surface area contributed by atoms with E-state index in [4.69, 9.17) is 9.47 Å². The van der Waals surface area contributed by atoms with Crippen LogP contribution in [0.15, 0.2) is 18.2 Å². The number of hydrogen-bond acceptors (Lipinski definition) is 3. The fraction of sp³-hybridized carbons (Fsp3) is 0.533.